The number of hydrogen-bond acceptors (Lipinski definition) is 6. The van der Waals surface area contributed by atoms with Crippen LogP contribution in [0.25, 0.3) is 17.0 Å². The van der Waals surface area contributed by atoms with Crippen molar-refractivity contribution in [3.05, 3.63) is 82.4 Å². The van der Waals surface area contributed by atoms with E-state index in [0.29, 0.717) is 29.6 Å². The lowest BCUT2D eigenvalue weighted by molar-refractivity contribution is -0.385. The third-order valence-electron chi connectivity index (χ3n) is 5.09. The van der Waals surface area contributed by atoms with Crippen LogP contribution in [-0.2, 0) is 6.54 Å². The minimum atomic E-state index is -0.329. The number of anilines is 1. The second-order valence-corrected chi connectivity index (χ2v) is 7.10. The Morgan fingerprint density at radius 1 is 1.00 bits per heavy atom. The van der Waals surface area contributed by atoms with Crippen LogP contribution in [0.4, 0.5) is 11.5 Å². The second kappa shape index (κ2) is 6.97. The van der Waals surface area contributed by atoms with E-state index in [9.17, 15) is 10.1 Å². The van der Waals surface area contributed by atoms with Crippen LogP contribution in [0, 0.1) is 10.1 Å². The molecule has 0 unspecified atom stereocenters. The molecule has 2 heterocycles. The molecule has 1 aliphatic carbocycles. The van der Waals surface area contributed by atoms with Gasteiger partial charge < -0.3 is 4.90 Å². The van der Waals surface area contributed by atoms with E-state index in [-0.39, 0.29) is 10.6 Å². The number of benzene rings is 2. The van der Waals surface area contributed by atoms with Crippen molar-refractivity contribution in [1.29, 1.82) is 0 Å². The van der Waals surface area contributed by atoms with Crippen molar-refractivity contribution in [3.63, 3.8) is 0 Å². The van der Waals surface area contributed by atoms with Gasteiger partial charge in [0.1, 0.15) is 5.82 Å². The quantitative estimate of drug-likeness (QED) is 0.369. The fourth-order valence-electron chi connectivity index (χ4n) is 3.49. The molecule has 8 nitrogen and oxygen atoms in total. The number of rotatable bonds is 6. The molecule has 0 aliphatic heterocycles. The van der Waals surface area contributed by atoms with E-state index in [4.69, 9.17) is 5.10 Å². The monoisotopic (exact) mass is 386 g/mol. The molecule has 5 rings (SSSR count). The Balaban J connectivity index is 1.55. The molecular formula is C21H18N6O2. The smallest absolute Gasteiger partial charge is 0.274 e. The van der Waals surface area contributed by atoms with Gasteiger partial charge in [0.05, 0.1) is 11.5 Å². The van der Waals surface area contributed by atoms with Crippen molar-refractivity contribution in [1.82, 2.24) is 19.8 Å². The Labute approximate surface area is 166 Å². The zero-order valence-corrected chi connectivity index (χ0v) is 15.5. The summed E-state index contributed by atoms with van der Waals surface area (Å²) in [5, 5.41) is 24.7. The van der Waals surface area contributed by atoms with Gasteiger partial charge in [-0.25, -0.2) is 0 Å². The molecule has 4 aromatic rings. The third-order valence-corrected chi connectivity index (χ3v) is 5.09. The fourth-order valence-corrected chi connectivity index (χ4v) is 3.49. The number of para-hydroxylation sites is 1. The largest absolute Gasteiger partial charge is 0.348 e. The summed E-state index contributed by atoms with van der Waals surface area (Å²) in [6, 6.07) is 20.8. The van der Waals surface area contributed by atoms with Crippen LogP contribution >= 0.6 is 0 Å². The molecule has 0 saturated heterocycles. The summed E-state index contributed by atoms with van der Waals surface area (Å²) in [6.07, 6.45) is 2.10. The molecule has 2 aromatic carbocycles. The maximum Gasteiger partial charge on any atom is 0.274 e. The highest BCUT2D eigenvalue weighted by atomic mass is 16.6. The van der Waals surface area contributed by atoms with Crippen molar-refractivity contribution in [2.24, 2.45) is 0 Å². The predicted octanol–water partition coefficient (Wildman–Crippen LogP) is 3.87. The van der Waals surface area contributed by atoms with Crippen LogP contribution in [0.1, 0.15) is 18.4 Å². The molecule has 2 aromatic heterocycles. The highest BCUT2D eigenvalue weighted by molar-refractivity contribution is 5.60. The van der Waals surface area contributed by atoms with Crippen LogP contribution in [0.5, 0.6) is 0 Å². The van der Waals surface area contributed by atoms with E-state index in [1.165, 1.54) is 0 Å². The lowest BCUT2D eigenvalue weighted by Gasteiger charge is -2.23. The zero-order chi connectivity index (χ0) is 19.8. The highest BCUT2D eigenvalue weighted by Gasteiger charge is 2.32. The Morgan fingerprint density at radius 3 is 2.52 bits per heavy atom. The minimum Gasteiger partial charge on any atom is -0.348 e. The Hall–Kier alpha value is -3.81. The molecule has 144 valence electrons. The van der Waals surface area contributed by atoms with E-state index in [1.807, 2.05) is 48.5 Å². The van der Waals surface area contributed by atoms with Crippen LogP contribution in [0.3, 0.4) is 0 Å². The summed E-state index contributed by atoms with van der Waals surface area (Å²) in [5.74, 6) is 1.43. The normalized spacial score (nSPS) is 13.5. The van der Waals surface area contributed by atoms with Crippen molar-refractivity contribution < 1.29 is 4.92 Å². The number of nitro benzene ring substituents is 1. The average Bonchev–Trinajstić information content (AvgIpc) is 3.51. The number of nitrogens with zero attached hydrogens (tertiary/aromatic N) is 6. The molecule has 0 amide bonds. The standard InChI is InChI=1S/C21H18N6O2/c28-27(29)18-9-5-4-8-16(18)14-25(17-10-11-17)20-13-12-19-22-23-21(26(19)24-20)15-6-2-1-3-7-15/h1-9,12-13,17H,10-11,14H2. The molecular weight excluding hydrogens is 368 g/mol. The van der Waals surface area contributed by atoms with E-state index in [1.54, 1.807) is 22.7 Å². The maximum atomic E-state index is 11.4. The van der Waals surface area contributed by atoms with Gasteiger partial charge >= 0.3 is 0 Å². The number of hydrogen-bond donors (Lipinski definition) is 0. The van der Waals surface area contributed by atoms with Gasteiger partial charge in [-0.3, -0.25) is 10.1 Å². The summed E-state index contributed by atoms with van der Waals surface area (Å²) in [5.41, 5.74) is 2.40. The van der Waals surface area contributed by atoms with Crippen molar-refractivity contribution in [2.45, 2.75) is 25.4 Å². The molecule has 0 atom stereocenters. The van der Waals surface area contributed by atoms with Gasteiger partial charge in [-0.05, 0) is 25.0 Å². The first-order valence-corrected chi connectivity index (χ1v) is 9.47. The summed E-state index contributed by atoms with van der Waals surface area (Å²) in [4.78, 5) is 13.2. The molecule has 0 N–H and O–H groups in total. The van der Waals surface area contributed by atoms with Crippen LogP contribution in [-0.4, -0.2) is 30.8 Å². The predicted molar refractivity (Wildman–Crippen MR) is 109 cm³/mol. The van der Waals surface area contributed by atoms with Gasteiger partial charge in [0.25, 0.3) is 5.69 Å². The first-order chi connectivity index (χ1) is 14.2. The van der Waals surface area contributed by atoms with Crippen molar-refractivity contribution in [2.75, 3.05) is 4.90 Å². The van der Waals surface area contributed by atoms with Gasteiger partial charge in [0.2, 0.25) is 0 Å². The Kier molecular flexibility index (Phi) is 4.16. The number of nitro groups is 1. The van der Waals surface area contributed by atoms with Crippen LogP contribution in [0.2, 0.25) is 0 Å². The second-order valence-electron chi connectivity index (χ2n) is 7.10. The van der Waals surface area contributed by atoms with Crippen LogP contribution in [0.15, 0.2) is 66.7 Å². The average molecular weight is 386 g/mol. The van der Waals surface area contributed by atoms with E-state index in [0.717, 1.165) is 24.2 Å². The van der Waals surface area contributed by atoms with Gasteiger partial charge in [-0.2, -0.15) is 4.52 Å². The first kappa shape index (κ1) is 17.3. The SMILES string of the molecule is O=[N+]([O-])c1ccccc1CN(c1ccc2nnc(-c3ccccc3)n2n1)C1CC1. The minimum absolute atomic E-state index is 0.133. The Bertz CT molecular complexity index is 1190. The molecule has 1 saturated carbocycles. The first-order valence-electron chi connectivity index (χ1n) is 9.47. The topological polar surface area (TPSA) is 89.5 Å². The van der Waals surface area contributed by atoms with Gasteiger partial charge in [-0.1, -0.05) is 48.5 Å². The number of fused-ring (bicyclic) bond motifs is 1. The number of aromatic nitrogens is 4. The molecule has 29 heavy (non-hydrogen) atoms. The molecule has 0 bridgehead atoms. The highest BCUT2D eigenvalue weighted by Crippen LogP contribution is 2.34. The molecule has 1 aliphatic rings. The van der Waals surface area contributed by atoms with E-state index in [2.05, 4.69) is 15.1 Å². The zero-order valence-electron chi connectivity index (χ0n) is 15.5. The summed E-state index contributed by atoms with van der Waals surface area (Å²) in [6.45, 7) is 0.434. The summed E-state index contributed by atoms with van der Waals surface area (Å²) >= 11 is 0. The summed E-state index contributed by atoms with van der Waals surface area (Å²) < 4.78 is 1.74. The maximum absolute atomic E-state index is 11.4. The van der Waals surface area contributed by atoms with Gasteiger partial charge in [0.15, 0.2) is 11.5 Å². The molecule has 0 spiro atoms. The van der Waals surface area contributed by atoms with E-state index < -0.39 is 0 Å². The fraction of sp³-hybridized carbons (Fsp3) is 0.190. The molecule has 0 radical (unpaired) electrons. The van der Waals surface area contributed by atoms with Gasteiger partial charge in [-0.15, -0.1) is 15.3 Å². The van der Waals surface area contributed by atoms with Crippen molar-refractivity contribution in [3.8, 4) is 11.4 Å². The molecule has 1 fully saturated rings. The van der Waals surface area contributed by atoms with Crippen LogP contribution < -0.4 is 4.90 Å². The molecule has 8 heteroatoms. The lowest BCUT2D eigenvalue weighted by atomic mass is 10.1. The Morgan fingerprint density at radius 2 is 1.76 bits per heavy atom. The van der Waals surface area contributed by atoms with Gasteiger partial charge in [0, 0.05) is 23.2 Å². The summed E-state index contributed by atoms with van der Waals surface area (Å²) in [7, 11) is 0. The van der Waals surface area contributed by atoms with E-state index >= 15 is 0 Å². The lowest BCUT2D eigenvalue weighted by Crippen LogP contribution is -2.27. The third kappa shape index (κ3) is 3.29. The van der Waals surface area contributed by atoms with Crippen molar-refractivity contribution >= 4 is 17.2 Å².